The van der Waals surface area contributed by atoms with Crippen molar-refractivity contribution in [2.24, 2.45) is 0 Å². The normalized spacial score (nSPS) is 9.76. The van der Waals surface area contributed by atoms with Gasteiger partial charge in [-0.2, -0.15) is 0 Å². The summed E-state index contributed by atoms with van der Waals surface area (Å²) in [6.07, 6.45) is 0. The van der Waals surface area contributed by atoms with E-state index in [0.717, 1.165) is 0 Å². The van der Waals surface area contributed by atoms with Gasteiger partial charge in [0.1, 0.15) is 18.1 Å². The summed E-state index contributed by atoms with van der Waals surface area (Å²) in [4.78, 5) is 25.1. The molecule has 1 aromatic rings. The van der Waals surface area contributed by atoms with Gasteiger partial charge in [0.2, 0.25) is 0 Å². The molecule has 0 spiro atoms. The van der Waals surface area contributed by atoms with Crippen LogP contribution in [0.5, 0.6) is 0 Å². The van der Waals surface area contributed by atoms with Gasteiger partial charge in [0, 0.05) is 6.07 Å². The van der Waals surface area contributed by atoms with Crippen LogP contribution in [0.2, 0.25) is 0 Å². The van der Waals surface area contributed by atoms with Crippen LogP contribution < -0.4 is 5.32 Å². The quantitative estimate of drug-likeness (QED) is 0.472. The average Bonchev–Trinajstić information content (AvgIpc) is 2.26. The lowest BCUT2D eigenvalue weighted by molar-refractivity contribution is -0.385. The van der Waals surface area contributed by atoms with E-state index in [1.165, 1.54) is 19.1 Å². The maximum absolute atomic E-state index is 11.1. The first-order valence-corrected chi connectivity index (χ1v) is 5.06. The highest BCUT2D eigenvalue weighted by atomic mass is 16.6. The second-order valence-electron chi connectivity index (χ2n) is 3.22. The van der Waals surface area contributed by atoms with Crippen molar-refractivity contribution in [1.82, 2.24) is 4.98 Å². The van der Waals surface area contributed by atoms with E-state index in [9.17, 15) is 14.9 Å². The Morgan fingerprint density at radius 3 is 2.82 bits per heavy atom. The fraction of sp³-hybridized carbons (Fsp3) is 0.400. The van der Waals surface area contributed by atoms with E-state index in [0.29, 0.717) is 18.1 Å². The van der Waals surface area contributed by atoms with Crippen molar-refractivity contribution in [3.8, 4) is 0 Å². The number of carbonyl (C=O) groups excluding carboxylic acids is 1. The molecule has 1 heterocycles. The molecule has 7 heteroatoms. The predicted molar refractivity (Wildman–Crippen MR) is 60.8 cm³/mol. The highest BCUT2D eigenvalue weighted by Gasteiger charge is 2.12. The molecule has 1 N–H and O–H groups in total. The lowest BCUT2D eigenvalue weighted by atomic mass is 10.3. The van der Waals surface area contributed by atoms with Gasteiger partial charge in [0.25, 0.3) is 5.69 Å². The monoisotopic (exact) mass is 239 g/mol. The molecule has 0 saturated carbocycles. The Balaban J connectivity index is 2.65. The Morgan fingerprint density at radius 2 is 2.29 bits per heavy atom. The van der Waals surface area contributed by atoms with Crippen molar-refractivity contribution in [2.45, 2.75) is 13.8 Å². The molecule has 0 saturated heterocycles. The third-order valence-corrected chi connectivity index (χ3v) is 1.97. The molecule has 0 atom stereocenters. The lowest BCUT2D eigenvalue weighted by Gasteiger charge is -2.05. The van der Waals surface area contributed by atoms with Gasteiger partial charge in [-0.1, -0.05) is 0 Å². The zero-order chi connectivity index (χ0) is 12.8. The molecule has 1 rings (SSSR count). The summed E-state index contributed by atoms with van der Waals surface area (Å²) in [5.41, 5.74) is 0.246. The van der Waals surface area contributed by atoms with Gasteiger partial charge in [-0.25, -0.2) is 4.98 Å². The number of ether oxygens (including phenoxy) is 1. The van der Waals surface area contributed by atoms with Crippen molar-refractivity contribution >= 4 is 17.5 Å². The summed E-state index contributed by atoms with van der Waals surface area (Å²) in [5, 5.41) is 13.3. The third-order valence-electron chi connectivity index (χ3n) is 1.97. The number of nitrogens with one attached hydrogen (secondary N) is 1. The van der Waals surface area contributed by atoms with Crippen LogP contribution in [-0.4, -0.2) is 29.0 Å². The Morgan fingerprint density at radius 1 is 1.59 bits per heavy atom. The zero-order valence-corrected chi connectivity index (χ0v) is 9.60. The molecule has 0 aliphatic rings. The van der Waals surface area contributed by atoms with Crippen LogP contribution >= 0.6 is 0 Å². The second kappa shape index (κ2) is 5.78. The van der Waals surface area contributed by atoms with E-state index < -0.39 is 10.9 Å². The van der Waals surface area contributed by atoms with Crippen LogP contribution in [-0.2, 0) is 9.53 Å². The third kappa shape index (κ3) is 3.71. The van der Waals surface area contributed by atoms with Crippen LogP contribution in [0.1, 0.15) is 12.6 Å². The molecule has 0 aromatic carbocycles. The number of rotatable bonds is 5. The Hall–Kier alpha value is -2.18. The number of hydrogen-bond donors (Lipinski definition) is 1. The highest BCUT2D eigenvalue weighted by Crippen LogP contribution is 2.17. The molecule has 0 fully saturated rings. The predicted octanol–water partition coefficient (Wildman–Crippen LogP) is 1.27. The fourth-order valence-electron chi connectivity index (χ4n) is 1.22. The summed E-state index contributed by atoms with van der Waals surface area (Å²) >= 11 is 0. The molecule has 0 unspecified atom stereocenters. The average molecular weight is 239 g/mol. The number of nitrogens with zero attached hydrogens (tertiary/aromatic N) is 2. The molecule has 1 aromatic heterocycles. The number of anilines is 1. The highest BCUT2D eigenvalue weighted by molar-refractivity contribution is 5.74. The van der Waals surface area contributed by atoms with Crippen molar-refractivity contribution < 1.29 is 14.5 Å². The number of esters is 1. The van der Waals surface area contributed by atoms with Crippen LogP contribution in [0.4, 0.5) is 11.5 Å². The number of nitro groups is 1. The van der Waals surface area contributed by atoms with Gasteiger partial charge >= 0.3 is 5.97 Å². The first-order chi connectivity index (χ1) is 8.04. The van der Waals surface area contributed by atoms with E-state index >= 15 is 0 Å². The summed E-state index contributed by atoms with van der Waals surface area (Å²) in [7, 11) is 0. The number of carbonyl (C=O) groups is 1. The van der Waals surface area contributed by atoms with E-state index in [2.05, 4.69) is 10.3 Å². The first-order valence-electron chi connectivity index (χ1n) is 5.06. The van der Waals surface area contributed by atoms with Gasteiger partial charge < -0.3 is 10.1 Å². The molecule has 17 heavy (non-hydrogen) atoms. The SMILES string of the molecule is CCOC(=O)CNc1ccc([N+](=O)[O-])c(C)n1. The number of hydrogen-bond acceptors (Lipinski definition) is 6. The summed E-state index contributed by atoms with van der Waals surface area (Å²) in [6.45, 7) is 3.55. The van der Waals surface area contributed by atoms with Gasteiger partial charge in [-0.3, -0.25) is 14.9 Å². The Bertz CT molecular complexity index is 434. The summed E-state index contributed by atoms with van der Waals surface area (Å²) in [6, 6.07) is 2.79. The zero-order valence-electron chi connectivity index (χ0n) is 9.60. The summed E-state index contributed by atoms with van der Waals surface area (Å²) in [5.74, 6) is 0.00598. The Labute approximate surface area is 98.0 Å². The molecule has 0 bridgehead atoms. The van der Waals surface area contributed by atoms with Crippen LogP contribution in [0.25, 0.3) is 0 Å². The molecule has 7 nitrogen and oxygen atoms in total. The smallest absolute Gasteiger partial charge is 0.325 e. The Kier molecular flexibility index (Phi) is 4.38. The van der Waals surface area contributed by atoms with Gasteiger partial charge in [-0.05, 0) is 19.9 Å². The van der Waals surface area contributed by atoms with Crippen LogP contribution in [0.3, 0.4) is 0 Å². The van der Waals surface area contributed by atoms with Gasteiger partial charge in [-0.15, -0.1) is 0 Å². The van der Waals surface area contributed by atoms with E-state index in [1.807, 2.05) is 0 Å². The molecule has 0 radical (unpaired) electrons. The molecule has 0 aliphatic carbocycles. The molecule has 92 valence electrons. The van der Waals surface area contributed by atoms with Gasteiger partial charge in [0.15, 0.2) is 0 Å². The molecular weight excluding hydrogens is 226 g/mol. The largest absolute Gasteiger partial charge is 0.465 e. The maximum Gasteiger partial charge on any atom is 0.325 e. The van der Waals surface area contributed by atoms with Gasteiger partial charge in [0.05, 0.1) is 11.5 Å². The van der Waals surface area contributed by atoms with E-state index in [4.69, 9.17) is 4.74 Å². The van der Waals surface area contributed by atoms with Crippen molar-refractivity contribution in [2.75, 3.05) is 18.5 Å². The minimum absolute atomic E-state index is 0.0158. The topological polar surface area (TPSA) is 94.4 Å². The lowest BCUT2D eigenvalue weighted by Crippen LogP contribution is -2.17. The van der Waals surface area contributed by atoms with Crippen LogP contribution in [0, 0.1) is 17.0 Å². The second-order valence-corrected chi connectivity index (χ2v) is 3.22. The van der Waals surface area contributed by atoms with Crippen molar-refractivity contribution in [3.05, 3.63) is 27.9 Å². The number of pyridine rings is 1. The maximum atomic E-state index is 11.1. The fourth-order valence-corrected chi connectivity index (χ4v) is 1.22. The minimum atomic E-state index is -0.503. The molecule has 0 amide bonds. The number of aryl methyl sites for hydroxylation is 1. The number of aromatic nitrogens is 1. The van der Waals surface area contributed by atoms with Crippen molar-refractivity contribution in [3.63, 3.8) is 0 Å². The van der Waals surface area contributed by atoms with E-state index in [1.54, 1.807) is 6.92 Å². The first kappa shape index (κ1) is 12.9. The molecule has 0 aliphatic heterocycles. The van der Waals surface area contributed by atoms with E-state index in [-0.39, 0.29) is 12.2 Å². The summed E-state index contributed by atoms with van der Waals surface area (Å²) < 4.78 is 4.72. The van der Waals surface area contributed by atoms with Crippen LogP contribution in [0.15, 0.2) is 12.1 Å². The molecular formula is C10H13N3O4. The minimum Gasteiger partial charge on any atom is -0.465 e. The standard InChI is InChI=1S/C10H13N3O4/c1-3-17-10(14)6-11-9-5-4-8(13(15)16)7(2)12-9/h4-5H,3,6H2,1-2H3,(H,11,12). The van der Waals surface area contributed by atoms with Crippen molar-refractivity contribution in [1.29, 1.82) is 0 Å².